The van der Waals surface area contributed by atoms with E-state index in [9.17, 15) is 14.4 Å². The van der Waals surface area contributed by atoms with Crippen molar-refractivity contribution in [3.63, 3.8) is 0 Å². The summed E-state index contributed by atoms with van der Waals surface area (Å²) in [5, 5.41) is 8.81. The Morgan fingerprint density at radius 3 is 2.42 bits per heavy atom. The lowest BCUT2D eigenvalue weighted by Gasteiger charge is -2.09. The third-order valence-corrected chi connectivity index (χ3v) is 5.09. The van der Waals surface area contributed by atoms with Gasteiger partial charge in [0, 0.05) is 26.7 Å². The highest BCUT2D eigenvalue weighted by Crippen LogP contribution is 2.27. The number of hydrogen-bond donors (Lipinski definition) is 3. The molecule has 0 radical (unpaired) electrons. The van der Waals surface area contributed by atoms with Crippen LogP contribution in [0.25, 0.3) is 10.2 Å². The molecule has 162 valence electrons. The quantitative estimate of drug-likeness (QED) is 0.545. The number of urea groups is 1. The molecule has 31 heavy (non-hydrogen) atoms. The predicted octanol–water partition coefficient (Wildman–Crippen LogP) is 2.85. The Labute approximate surface area is 183 Å². The number of hydrogen-bond acceptors (Lipinski definition) is 6. The first-order valence-corrected chi connectivity index (χ1v) is 10.5. The number of anilines is 1. The van der Waals surface area contributed by atoms with E-state index in [1.165, 1.54) is 16.2 Å². The Balaban J connectivity index is 1.66. The number of amides is 4. The molecule has 0 spiro atoms. The van der Waals surface area contributed by atoms with Gasteiger partial charge in [0.25, 0.3) is 11.8 Å². The third-order valence-electron chi connectivity index (χ3n) is 4.16. The van der Waals surface area contributed by atoms with Gasteiger partial charge in [0.15, 0.2) is 5.13 Å². The zero-order chi connectivity index (χ0) is 22.5. The summed E-state index contributed by atoms with van der Waals surface area (Å²) in [5.41, 5.74) is 2.01. The molecule has 10 heteroatoms. The Hall–Kier alpha value is -3.53. The van der Waals surface area contributed by atoms with Gasteiger partial charge < -0.3 is 15.5 Å². The van der Waals surface area contributed by atoms with Gasteiger partial charge in [-0.15, -0.1) is 0 Å². The summed E-state index contributed by atoms with van der Waals surface area (Å²) in [4.78, 5) is 46.4. The van der Waals surface area contributed by atoms with Crippen molar-refractivity contribution in [2.75, 3.05) is 19.4 Å². The number of rotatable bonds is 6. The highest BCUT2D eigenvalue weighted by molar-refractivity contribution is 7.22. The van der Waals surface area contributed by atoms with E-state index in [0.717, 1.165) is 15.8 Å². The van der Waals surface area contributed by atoms with Crippen LogP contribution >= 0.6 is 11.3 Å². The number of nitrogens with one attached hydrogen (secondary N) is 3. The highest BCUT2D eigenvalue weighted by atomic mass is 32.1. The molecule has 1 aromatic carbocycles. The van der Waals surface area contributed by atoms with Gasteiger partial charge in [-0.25, -0.2) is 14.8 Å². The van der Waals surface area contributed by atoms with Crippen LogP contribution in [0.4, 0.5) is 9.93 Å². The molecular formula is C21H24N6O3S. The molecule has 4 amide bonds. The molecule has 2 aromatic heterocycles. The first-order chi connectivity index (χ1) is 14.7. The van der Waals surface area contributed by atoms with Gasteiger partial charge >= 0.3 is 6.03 Å². The topological polar surface area (TPSA) is 116 Å². The maximum absolute atomic E-state index is 12.5. The Kier molecular flexibility index (Phi) is 6.81. The fourth-order valence-corrected chi connectivity index (χ4v) is 3.55. The van der Waals surface area contributed by atoms with Crippen molar-refractivity contribution in [3.05, 3.63) is 53.3 Å². The Morgan fingerprint density at radius 2 is 1.74 bits per heavy atom. The van der Waals surface area contributed by atoms with Crippen molar-refractivity contribution in [2.45, 2.75) is 26.4 Å². The van der Waals surface area contributed by atoms with E-state index in [1.54, 1.807) is 32.3 Å². The van der Waals surface area contributed by atoms with Gasteiger partial charge in [0.2, 0.25) is 0 Å². The van der Waals surface area contributed by atoms with E-state index >= 15 is 0 Å². The van der Waals surface area contributed by atoms with Crippen molar-refractivity contribution in [2.24, 2.45) is 0 Å². The van der Waals surface area contributed by atoms with Crippen molar-refractivity contribution < 1.29 is 14.4 Å². The van der Waals surface area contributed by atoms with Crippen LogP contribution in [-0.2, 0) is 6.54 Å². The number of carbonyl (C=O) groups is 3. The molecule has 0 aliphatic rings. The van der Waals surface area contributed by atoms with Gasteiger partial charge in [-0.05, 0) is 43.7 Å². The molecular weight excluding hydrogens is 416 g/mol. The SMILES string of the molecule is CC(C)NC(=O)c1cccc(C(=O)NCc2ccc3nc(NC(=O)N(C)C)sc3c2)n1. The summed E-state index contributed by atoms with van der Waals surface area (Å²) < 4.78 is 0.895. The third kappa shape index (κ3) is 5.76. The number of aromatic nitrogens is 2. The van der Waals surface area contributed by atoms with E-state index in [0.29, 0.717) is 5.13 Å². The van der Waals surface area contributed by atoms with Gasteiger partial charge in [0.05, 0.1) is 10.2 Å². The average Bonchev–Trinajstić information content (AvgIpc) is 3.12. The number of thiazole rings is 1. The Bertz CT molecular complexity index is 1130. The second-order valence-corrected chi connectivity index (χ2v) is 8.40. The maximum atomic E-state index is 12.5. The van der Waals surface area contributed by atoms with Crippen LogP contribution < -0.4 is 16.0 Å². The first-order valence-electron chi connectivity index (χ1n) is 9.67. The molecule has 0 aliphatic carbocycles. The van der Waals surface area contributed by atoms with Crippen molar-refractivity contribution in [1.82, 2.24) is 25.5 Å². The molecule has 3 N–H and O–H groups in total. The van der Waals surface area contributed by atoms with Crippen molar-refractivity contribution in [1.29, 1.82) is 0 Å². The average molecular weight is 441 g/mol. The molecule has 0 bridgehead atoms. The highest BCUT2D eigenvalue weighted by Gasteiger charge is 2.14. The molecule has 9 nitrogen and oxygen atoms in total. The second-order valence-electron chi connectivity index (χ2n) is 7.36. The molecule has 2 heterocycles. The number of carbonyl (C=O) groups excluding carboxylic acids is 3. The largest absolute Gasteiger partial charge is 0.349 e. The molecule has 0 unspecified atom stereocenters. The summed E-state index contributed by atoms with van der Waals surface area (Å²) in [6.07, 6.45) is 0. The number of benzene rings is 1. The molecule has 3 aromatic rings. The molecule has 0 saturated carbocycles. The van der Waals surface area contributed by atoms with E-state index in [2.05, 4.69) is 25.9 Å². The van der Waals surface area contributed by atoms with Crippen LogP contribution in [-0.4, -0.2) is 52.9 Å². The predicted molar refractivity (Wildman–Crippen MR) is 120 cm³/mol. The van der Waals surface area contributed by atoms with Gasteiger partial charge in [0.1, 0.15) is 11.4 Å². The van der Waals surface area contributed by atoms with Crippen LogP contribution in [0.1, 0.15) is 40.4 Å². The van der Waals surface area contributed by atoms with Gasteiger partial charge in [-0.3, -0.25) is 14.9 Å². The van der Waals surface area contributed by atoms with Crippen molar-refractivity contribution in [3.8, 4) is 0 Å². The zero-order valence-electron chi connectivity index (χ0n) is 17.7. The summed E-state index contributed by atoms with van der Waals surface area (Å²) in [6, 6.07) is 10.1. The summed E-state index contributed by atoms with van der Waals surface area (Å²) >= 11 is 1.36. The molecule has 3 rings (SSSR count). The van der Waals surface area contributed by atoms with Crippen LogP contribution in [0, 0.1) is 0 Å². The lowest BCUT2D eigenvalue weighted by atomic mass is 10.2. The normalized spacial score (nSPS) is 10.7. The smallest absolute Gasteiger partial charge is 0.323 e. The maximum Gasteiger partial charge on any atom is 0.323 e. The molecule has 0 fully saturated rings. The second kappa shape index (κ2) is 9.52. The standard InChI is InChI=1S/C21H24N6O3S/c1-12(2)23-19(29)16-7-5-6-15(24-16)18(28)22-11-13-8-9-14-17(10-13)31-20(25-14)26-21(30)27(3)4/h5-10,12H,11H2,1-4H3,(H,22,28)(H,23,29)(H,25,26,30). The lowest BCUT2D eigenvalue weighted by Crippen LogP contribution is -2.31. The van der Waals surface area contributed by atoms with E-state index in [-0.39, 0.29) is 41.8 Å². The Morgan fingerprint density at radius 1 is 1.03 bits per heavy atom. The minimum absolute atomic E-state index is 0.0230. The minimum atomic E-state index is -0.373. The summed E-state index contributed by atoms with van der Waals surface area (Å²) in [6.45, 7) is 4.00. The number of pyridine rings is 1. The van der Waals surface area contributed by atoms with Crippen LogP contribution in [0.3, 0.4) is 0 Å². The molecule has 0 aliphatic heterocycles. The van der Waals surface area contributed by atoms with Crippen LogP contribution in [0.5, 0.6) is 0 Å². The van der Waals surface area contributed by atoms with Crippen LogP contribution in [0.2, 0.25) is 0 Å². The van der Waals surface area contributed by atoms with E-state index in [1.807, 2.05) is 32.0 Å². The molecule has 0 atom stereocenters. The van der Waals surface area contributed by atoms with Crippen molar-refractivity contribution >= 4 is 44.5 Å². The lowest BCUT2D eigenvalue weighted by molar-refractivity contribution is 0.0936. The van der Waals surface area contributed by atoms with Crippen LogP contribution in [0.15, 0.2) is 36.4 Å². The summed E-state index contributed by atoms with van der Waals surface area (Å²) in [7, 11) is 3.31. The fourth-order valence-electron chi connectivity index (χ4n) is 2.63. The number of nitrogens with zero attached hydrogens (tertiary/aromatic N) is 3. The summed E-state index contributed by atoms with van der Waals surface area (Å²) in [5.74, 6) is -0.694. The van der Waals surface area contributed by atoms with E-state index in [4.69, 9.17) is 0 Å². The van der Waals surface area contributed by atoms with E-state index < -0.39 is 0 Å². The first kappa shape index (κ1) is 22.2. The monoisotopic (exact) mass is 440 g/mol. The minimum Gasteiger partial charge on any atom is -0.349 e. The fraction of sp³-hybridized carbons (Fsp3) is 0.286. The zero-order valence-corrected chi connectivity index (χ0v) is 18.5. The number of fused-ring (bicyclic) bond motifs is 1. The molecule has 0 saturated heterocycles. The van der Waals surface area contributed by atoms with Gasteiger partial charge in [-0.2, -0.15) is 0 Å². The van der Waals surface area contributed by atoms with Gasteiger partial charge in [-0.1, -0.05) is 23.5 Å².